The normalized spacial score (nSPS) is 10.9. The lowest BCUT2D eigenvalue weighted by Crippen LogP contribution is -1.97. The Morgan fingerprint density at radius 2 is 2.33 bits per heavy atom. The van der Waals surface area contributed by atoms with E-state index in [1.165, 1.54) is 6.08 Å². The molecule has 1 aromatic heterocycles. The van der Waals surface area contributed by atoms with Gasteiger partial charge in [-0.25, -0.2) is 14.5 Å². The Bertz CT molecular complexity index is 587. The van der Waals surface area contributed by atoms with Crippen molar-refractivity contribution in [3.63, 3.8) is 0 Å². The van der Waals surface area contributed by atoms with Crippen LogP contribution in [-0.2, 0) is 11.3 Å². The Morgan fingerprint density at radius 1 is 1.50 bits per heavy atom. The molecule has 5 heteroatoms. The van der Waals surface area contributed by atoms with Crippen LogP contribution in [0.25, 0.3) is 11.4 Å². The van der Waals surface area contributed by atoms with Crippen LogP contribution in [0.15, 0.2) is 42.7 Å². The fourth-order valence-corrected chi connectivity index (χ4v) is 1.56. The summed E-state index contributed by atoms with van der Waals surface area (Å²) in [6, 6.07) is 7.91. The number of aryl methyl sites for hydroxylation is 1. The molecule has 0 bridgehead atoms. The van der Waals surface area contributed by atoms with Crippen LogP contribution >= 0.6 is 0 Å². The van der Waals surface area contributed by atoms with Crippen molar-refractivity contribution in [1.29, 1.82) is 0 Å². The molecule has 0 aliphatic carbocycles. The Balaban J connectivity index is 2.13. The number of carboxylic acid groups (broad SMARTS) is 1. The lowest BCUT2D eigenvalue weighted by atomic mass is 10.1. The molecule has 2 rings (SSSR count). The third-order valence-corrected chi connectivity index (χ3v) is 2.37. The lowest BCUT2D eigenvalue weighted by molar-refractivity contribution is -0.131. The van der Waals surface area contributed by atoms with Crippen LogP contribution in [-0.4, -0.2) is 25.8 Å². The van der Waals surface area contributed by atoms with Crippen molar-refractivity contribution in [1.82, 2.24) is 14.8 Å². The zero-order valence-corrected chi connectivity index (χ0v) is 9.95. The Hall–Kier alpha value is -2.43. The fourth-order valence-electron chi connectivity index (χ4n) is 1.56. The van der Waals surface area contributed by atoms with E-state index < -0.39 is 5.97 Å². The Kier molecular flexibility index (Phi) is 3.52. The maximum absolute atomic E-state index is 10.3. The molecule has 0 saturated carbocycles. The minimum Gasteiger partial charge on any atom is -0.478 e. The van der Waals surface area contributed by atoms with E-state index in [1.54, 1.807) is 11.0 Å². The predicted molar refractivity (Wildman–Crippen MR) is 67.0 cm³/mol. The van der Waals surface area contributed by atoms with Gasteiger partial charge in [0.15, 0.2) is 5.82 Å². The minimum absolute atomic E-state index is 0.394. The first-order valence-electron chi connectivity index (χ1n) is 5.51. The Labute approximate surface area is 104 Å². The van der Waals surface area contributed by atoms with E-state index in [-0.39, 0.29) is 0 Å². The number of allylic oxidation sites excluding steroid dienone is 1. The quantitative estimate of drug-likeness (QED) is 0.833. The summed E-state index contributed by atoms with van der Waals surface area (Å²) < 4.78 is 1.59. The number of aromatic nitrogens is 3. The number of rotatable bonds is 4. The van der Waals surface area contributed by atoms with Gasteiger partial charge in [0, 0.05) is 11.6 Å². The molecule has 0 aliphatic heterocycles. The summed E-state index contributed by atoms with van der Waals surface area (Å²) in [5.41, 5.74) is 2.10. The highest BCUT2D eigenvalue weighted by molar-refractivity contribution is 5.79. The number of aliphatic carboxylic acids is 1. The summed E-state index contributed by atoms with van der Waals surface area (Å²) in [6.45, 7) is 2.40. The van der Waals surface area contributed by atoms with Gasteiger partial charge in [0.1, 0.15) is 6.33 Å². The van der Waals surface area contributed by atoms with Gasteiger partial charge in [-0.3, -0.25) is 0 Å². The molecule has 1 aromatic carbocycles. The topological polar surface area (TPSA) is 68.0 Å². The van der Waals surface area contributed by atoms with Gasteiger partial charge < -0.3 is 5.11 Å². The molecule has 0 atom stereocenters. The monoisotopic (exact) mass is 243 g/mol. The molecular formula is C13H13N3O2. The maximum atomic E-state index is 10.3. The lowest BCUT2D eigenvalue weighted by Gasteiger charge is -1.97. The largest absolute Gasteiger partial charge is 0.478 e. The Morgan fingerprint density at radius 3 is 3.06 bits per heavy atom. The van der Waals surface area contributed by atoms with Gasteiger partial charge in [-0.2, -0.15) is 5.10 Å². The molecule has 0 amide bonds. The minimum atomic E-state index is -0.964. The van der Waals surface area contributed by atoms with Crippen molar-refractivity contribution in [2.75, 3.05) is 0 Å². The van der Waals surface area contributed by atoms with Crippen molar-refractivity contribution in [2.45, 2.75) is 13.5 Å². The molecule has 1 N–H and O–H groups in total. The number of hydrogen-bond acceptors (Lipinski definition) is 3. The number of carboxylic acids is 1. The molecule has 0 aliphatic rings. The molecule has 0 spiro atoms. The van der Waals surface area contributed by atoms with Crippen molar-refractivity contribution < 1.29 is 9.90 Å². The number of carbonyl (C=O) groups is 1. The number of hydrogen-bond donors (Lipinski definition) is 1. The highest BCUT2D eigenvalue weighted by Gasteiger charge is 2.03. The zero-order valence-electron chi connectivity index (χ0n) is 9.95. The van der Waals surface area contributed by atoms with E-state index >= 15 is 0 Å². The first-order chi connectivity index (χ1) is 8.65. The van der Waals surface area contributed by atoms with E-state index in [2.05, 4.69) is 10.1 Å². The van der Waals surface area contributed by atoms with Gasteiger partial charge in [-0.1, -0.05) is 29.8 Å². The van der Waals surface area contributed by atoms with Gasteiger partial charge >= 0.3 is 5.97 Å². The molecule has 0 saturated heterocycles. The average Bonchev–Trinajstić information content (AvgIpc) is 2.77. The molecule has 2 aromatic rings. The fraction of sp³-hybridized carbons (Fsp3) is 0.154. The highest BCUT2D eigenvalue weighted by atomic mass is 16.4. The van der Waals surface area contributed by atoms with E-state index in [1.807, 2.05) is 31.2 Å². The van der Waals surface area contributed by atoms with Gasteiger partial charge in [0.25, 0.3) is 0 Å². The zero-order chi connectivity index (χ0) is 13.0. The van der Waals surface area contributed by atoms with Crippen LogP contribution in [0.5, 0.6) is 0 Å². The predicted octanol–water partition coefficient (Wildman–Crippen LogP) is 1.89. The second kappa shape index (κ2) is 5.27. The second-order valence-electron chi connectivity index (χ2n) is 3.90. The summed E-state index contributed by atoms with van der Waals surface area (Å²) in [5.74, 6) is -0.323. The smallest absolute Gasteiger partial charge is 0.328 e. The summed E-state index contributed by atoms with van der Waals surface area (Å²) in [6.07, 6.45) is 4.20. The number of nitrogens with zero attached hydrogens (tertiary/aromatic N) is 3. The first-order valence-corrected chi connectivity index (χ1v) is 5.51. The molecular weight excluding hydrogens is 230 g/mol. The van der Waals surface area contributed by atoms with Crippen LogP contribution in [0.2, 0.25) is 0 Å². The van der Waals surface area contributed by atoms with E-state index in [0.29, 0.717) is 12.4 Å². The van der Waals surface area contributed by atoms with Crippen LogP contribution in [0.4, 0.5) is 0 Å². The van der Waals surface area contributed by atoms with Crippen molar-refractivity contribution in [3.05, 3.63) is 48.3 Å². The third kappa shape index (κ3) is 3.04. The summed E-state index contributed by atoms with van der Waals surface area (Å²) in [7, 11) is 0. The SMILES string of the molecule is Cc1cccc(-c2ncn(C/C=C\C(=O)O)n2)c1. The van der Waals surface area contributed by atoms with Crippen molar-refractivity contribution >= 4 is 5.97 Å². The van der Waals surface area contributed by atoms with Crippen molar-refractivity contribution in [3.8, 4) is 11.4 Å². The maximum Gasteiger partial charge on any atom is 0.328 e. The molecule has 18 heavy (non-hydrogen) atoms. The molecule has 5 nitrogen and oxygen atoms in total. The molecule has 0 fully saturated rings. The van der Waals surface area contributed by atoms with Crippen LogP contribution in [0, 0.1) is 6.92 Å². The van der Waals surface area contributed by atoms with Gasteiger partial charge in [0.2, 0.25) is 0 Å². The molecule has 1 heterocycles. The van der Waals surface area contributed by atoms with Gasteiger partial charge in [-0.15, -0.1) is 0 Å². The molecule has 0 radical (unpaired) electrons. The average molecular weight is 243 g/mol. The van der Waals surface area contributed by atoms with E-state index in [9.17, 15) is 4.79 Å². The van der Waals surface area contributed by atoms with Crippen LogP contribution < -0.4 is 0 Å². The number of benzene rings is 1. The summed E-state index contributed by atoms with van der Waals surface area (Å²) in [5, 5.41) is 12.8. The first kappa shape index (κ1) is 12.0. The third-order valence-electron chi connectivity index (χ3n) is 2.37. The van der Waals surface area contributed by atoms with E-state index in [0.717, 1.165) is 17.2 Å². The van der Waals surface area contributed by atoms with Gasteiger partial charge in [-0.05, 0) is 13.0 Å². The summed E-state index contributed by atoms with van der Waals surface area (Å²) >= 11 is 0. The van der Waals surface area contributed by atoms with Gasteiger partial charge in [0.05, 0.1) is 6.54 Å². The van der Waals surface area contributed by atoms with E-state index in [4.69, 9.17) is 5.11 Å². The standard InChI is InChI=1S/C13H13N3O2/c1-10-4-2-5-11(8-10)13-14-9-16(15-13)7-3-6-12(17)18/h2-6,8-9H,7H2,1H3,(H,17,18)/b6-3-. The summed E-state index contributed by atoms with van der Waals surface area (Å²) in [4.78, 5) is 14.5. The molecule has 0 unspecified atom stereocenters. The van der Waals surface area contributed by atoms with Crippen molar-refractivity contribution in [2.24, 2.45) is 0 Å². The second-order valence-corrected chi connectivity index (χ2v) is 3.90. The van der Waals surface area contributed by atoms with Crippen LogP contribution in [0.3, 0.4) is 0 Å². The highest BCUT2D eigenvalue weighted by Crippen LogP contribution is 2.15. The van der Waals surface area contributed by atoms with Crippen LogP contribution in [0.1, 0.15) is 5.56 Å². The molecule has 92 valence electrons.